The van der Waals surface area contributed by atoms with Crippen LogP contribution in [0.2, 0.25) is 0 Å². The summed E-state index contributed by atoms with van der Waals surface area (Å²) in [4.78, 5) is 0. The van der Waals surface area contributed by atoms with Gasteiger partial charge in [0.2, 0.25) is 0 Å². The molecule has 0 unspecified atom stereocenters. The van der Waals surface area contributed by atoms with E-state index >= 15 is 0 Å². The molecule has 0 spiro atoms. The maximum Gasteiger partial charge on any atom is 2.00 e. The molecule has 0 bridgehead atoms. The summed E-state index contributed by atoms with van der Waals surface area (Å²) in [6.07, 6.45) is 15.3. The third-order valence-corrected chi connectivity index (χ3v) is 8.87. The summed E-state index contributed by atoms with van der Waals surface area (Å²) < 4.78 is 0. The van der Waals surface area contributed by atoms with E-state index in [-0.39, 0.29) is 48.2 Å². The molecule has 0 amide bonds. The zero-order chi connectivity index (χ0) is 12.3. The molecule has 2 saturated carbocycles. The Morgan fingerprint density at radius 3 is 1.25 bits per heavy atom. The van der Waals surface area contributed by atoms with Gasteiger partial charge in [0, 0.05) is 0 Å². The number of rotatable bonds is 2. The predicted octanol–water partition coefficient (Wildman–Crippen LogP) is 3.38. The van der Waals surface area contributed by atoms with Gasteiger partial charge in [-0.25, -0.2) is 0 Å². The van der Waals surface area contributed by atoms with Gasteiger partial charge in [-0.05, 0) is 42.2 Å². The Morgan fingerprint density at radius 2 is 1.00 bits per heavy atom. The third kappa shape index (κ3) is 6.65. The van der Waals surface area contributed by atoms with Gasteiger partial charge < -0.3 is 19.8 Å². The number of halogens is 1. The van der Waals surface area contributed by atoms with Crippen LogP contribution >= 0.6 is 7.92 Å². The first kappa shape index (κ1) is 23.6. The second kappa shape index (κ2) is 11.0. The summed E-state index contributed by atoms with van der Waals surface area (Å²) >= 11 is 0. The van der Waals surface area contributed by atoms with Gasteiger partial charge >= 0.3 is 20.4 Å². The second-order valence-corrected chi connectivity index (χ2v) is 10.8. The number of hydrogen-bond donors (Lipinski definition) is 0. The molecule has 0 aromatic carbocycles. The van der Waals surface area contributed by atoms with Crippen molar-refractivity contribution in [3.8, 4) is 0 Å². The maximum absolute atomic E-state index is 2.53. The molecule has 0 heterocycles. The number of hydrogen-bond acceptors (Lipinski definition) is 0. The molecule has 0 saturated heterocycles. The Labute approximate surface area is 149 Å². The summed E-state index contributed by atoms with van der Waals surface area (Å²) in [5.74, 6) is 0. The molecule has 20 heavy (non-hydrogen) atoms. The molecule has 2 fully saturated rings. The van der Waals surface area contributed by atoms with E-state index in [9.17, 15) is 0 Å². The topological polar surface area (TPSA) is 0 Å². The molecule has 0 nitrogen and oxygen atoms in total. The van der Waals surface area contributed by atoms with Crippen molar-refractivity contribution >= 4 is 7.92 Å². The second-order valence-electron chi connectivity index (χ2n) is 7.16. The van der Waals surface area contributed by atoms with Crippen molar-refractivity contribution in [2.24, 2.45) is 0 Å². The van der Waals surface area contributed by atoms with Crippen LogP contribution < -0.4 is 12.4 Å². The molecule has 0 atom stereocenters. The van der Waals surface area contributed by atoms with E-state index in [1.165, 1.54) is 38.5 Å². The fourth-order valence-corrected chi connectivity index (χ4v) is 8.74. The summed E-state index contributed by atoms with van der Waals surface area (Å²) in [7, 11) is 0.262. The summed E-state index contributed by atoms with van der Waals surface area (Å²) in [5.41, 5.74) is 2.23. The van der Waals surface area contributed by atoms with Gasteiger partial charge in [0.25, 0.3) is 0 Å². The van der Waals surface area contributed by atoms with Crippen LogP contribution in [0.3, 0.4) is 0 Å². The molecule has 3 heteroatoms. The predicted molar refractivity (Wildman–Crippen MR) is 86.8 cm³/mol. The van der Waals surface area contributed by atoms with Crippen LogP contribution in [0.15, 0.2) is 0 Å². The van der Waals surface area contributed by atoms with E-state index < -0.39 is 0 Å². The summed E-state index contributed by atoms with van der Waals surface area (Å²) in [5, 5.41) is 0.597. The van der Waals surface area contributed by atoms with Crippen molar-refractivity contribution in [1.82, 2.24) is 0 Å². The van der Waals surface area contributed by atoms with E-state index in [2.05, 4.69) is 20.8 Å². The van der Waals surface area contributed by atoms with Crippen LogP contribution in [-0.2, 0) is 20.4 Å². The zero-order valence-electron chi connectivity index (χ0n) is 13.9. The Kier molecular flexibility index (Phi) is 13.0. The fourth-order valence-electron chi connectivity index (χ4n) is 4.11. The van der Waals surface area contributed by atoms with Crippen molar-refractivity contribution < 1.29 is 32.8 Å². The molecule has 2 aliphatic rings. The first-order valence-corrected chi connectivity index (χ1v) is 9.35. The minimum atomic E-state index is 0. The standard InChI is InChI=1S/C16H31P.CH3.ClH.Pd/c1-16(2,3)17(14-10-6-4-7-11-14)15-12-8-5-9-13-15;;;/h14-15H,4-13H2,1-3H3;1H3;1H;/q;-1;;+2/p-1. The van der Waals surface area contributed by atoms with Crippen LogP contribution in [0.25, 0.3) is 0 Å². The van der Waals surface area contributed by atoms with E-state index in [0.29, 0.717) is 5.16 Å². The SMILES string of the molecule is CC(C)(C)P(C1CCCCC1)C1CCCCC1.[CH3-].[Cl-].[Pd+2]. The summed E-state index contributed by atoms with van der Waals surface area (Å²) in [6, 6.07) is 0. The molecule has 124 valence electrons. The van der Waals surface area contributed by atoms with Gasteiger partial charge in [-0.15, -0.1) is 0 Å². The van der Waals surface area contributed by atoms with Gasteiger partial charge in [-0.2, -0.15) is 0 Å². The fraction of sp³-hybridized carbons (Fsp3) is 0.941. The van der Waals surface area contributed by atoms with Crippen molar-refractivity contribution in [2.75, 3.05) is 0 Å². The molecule has 0 aliphatic heterocycles. The molecule has 0 aromatic rings. The van der Waals surface area contributed by atoms with Crippen LogP contribution in [-0.4, -0.2) is 16.5 Å². The molecular formula is C17H34ClPPd. The van der Waals surface area contributed by atoms with Crippen LogP contribution in [0.1, 0.15) is 85.0 Å². The van der Waals surface area contributed by atoms with Crippen molar-refractivity contribution in [3.05, 3.63) is 7.43 Å². The van der Waals surface area contributed by atoms with E-state index in [1.807, 2.05) is 0 Å². The molecule has 2 aliphatic carbocycles. The smallest absolute Gasteiger partial charge is 1.00 e. The molecule has 0 radical (unpaired) electrons. The molecule has 0 aromatic heterocycles. The molecule has 0 N–H and O–H groups in total. The Bertz CT molecular complexity index is 210. The average molecular weight is 411 g/mol. The van der Waals surface area contributed by atoms with E-state index in [4.69, 9.17) is 0 Å². The van der Waals surface area contributed by atoms with Gasteiger partial charge in [0.15, 0.2) is 0 Å². The normalized spacial score (nSPS) is 21.6. The minimum absolute atomic E-state index is 0. The van der Waals surface area contributed by atoms with Gasteiger partial charge in [-0.3, -0.25) is 0 Å². The van der Waals surface area contributed by atoms with Gasteiger partial charge in [0.05, 0.1) is 0 Å². The molecular weight excluding hydrogens is 377 g/mol. The Balaban J connectivity index is 0. The van der Waals surface area contributed by atoms with Crippen LogP contribution in [0.5, 0.6) is 0 Å². The zero-order valence-corrected chi connectivity index (χ0v) is 17.1. The van der Waals surface area contributed by atoms with Crippen molar-refractivity contribution in [2.45, 2.75) is 101 Å². The largest absolute Gasteiger partial charge is 2.00 e. The Hall–Kier alpha value is 1.38. The van der Waals surface area contributed by atoms with Crippen molar-refractivity contribution in [3.63, 3.8) is 0 Å². The average Bonchev–Trinajstić information content (AvgIpc) is 2.30. The van der Waals surface area contributed by atoms with Gasteiger partial charge in [-0.1, -0.05) is 67.2 Å². The first-order valence-electron chi connectivity index (χ1n) is 7.87. The van der Waals surface area contributed by atoms with E-state index in [1.54, 1.807) is 25.7 Å². The quantitative estimate of drug-likeness (QED) is 0.371. The minimum Gasteiger partial charge on any atom is -1.00 e. The maximum atomic E-state index is 2.53. The monoisotopic (exact) mass is 410 g/mol. The van der Waals surface area contributed by atoms with Crippen LogP contribution in [0, 0.1) is 7.43 Å². The molecule has 2 rings (SSSR count). The van der Waals surface area contributed by atoms with E-state index in [0.717, 1.165) is 11.3 Å². The van der Waals surface area contributed by atoms with Crippen molar-refractivity contribution in [1.29, 1.82) is 0 Å². The van der Waals surface area contributed by atoms with Gasteiger partial charge in [0.1, 0.15) is 0 Å². The first-order chi connectivity index (χ1) is 8.09. The summed E-state index contributed by atoms with van der Waals surface area (Å²) in [6.45, 7) is 7.59. The third-order valence-electron chi connectivity index (χ3n) is 4.71. The van der Waals surface area contributed by atoms with Crippen LogP contribution in [0.4, 0.5) is 0 Å². The Morgan fingerprint density at radius 1 is 0.700 bits per heavy atom.